The molecule has 0 bridgehead atoms. The summed E-state index contributed by atoms with van der Waals surface area (Å²) >= 11 is 0. The number of alkyl halides is 6. The quantitative estimate of drug-likeness (QED) is 0.663. The molecule has 1 N–H and O–H groups in total. The van der Waals surface area contributed by atoms with Gasteiger partial charge in [0.2, 0.25) is 0 Å². The van der Waals surface area contributed by atoms with E-state index in [9.17, 15) is 26.3 Å². The van der Waals surface area contributed by atoms with Crippen LogP contribution in [0, 0.1) is 11.3 Å². The number of pyridine rings is 1. The summed E-state index contributed by atoms with van der Waals surface area (Å²) in [6.07, 6.45) is -9.78. The summed E-state index contributed by atoms with van der Waals surface area (Å²) in [5.74, 6) is -0.717. The third-order valence-electron chi connectivity index (χ3n) is 3.41. The van der Waals surface area contributed by atoms with Crippen LogP contribution in [0.5, 0.6) is 5.75 Å². The molecule has 2 heterocycles. The summed E-state index contributed by atoms with van der Waals surface area (Å²) in [7, 11) is 0. The molecule has 0 aliphatic heterocycles. The van der Waals surface area contributed by atoms with Crippen molar-refractivity contribution in [1.29, 1.82) is 5.26 Å². The zero-order valence-electron chi connectivity index (χ0n) is 13.4. The normalized spacial score (nSPS) is 11.9. The smallest absolute Gasteiger partial charge is 0.406 e. The Labute approximate surface area is 152 Å². The van der Waals surface area contributed by atoms with Gasteiger partial charge in [-0.3, -0.25) is 0 Å². The van der Waals surface area contributed by atoms with E-state index in [4.69, 9.17) is 5.26 Å². The van der Waals surface area contributed by atoms with Gasteiger partial charge in [0.05, 0.1) is 5.69 Å². The van der Waals surface area contributed by atoms with Crippen LogP contribution in [0.2, 0.25) is 0 Å². The van der Waals surface area contributed by atoms with Gasteiger partial charge < -0.3 is 4.74 Å². The third-order valence-corrected chi connectivity index (χ3v) is 3.41. The Morgan fingerprint density at radius 2 is 1.71 bits per heavy atom. The van der Waals surface area contributed by atoms with Gasteiger partial charge in [-0.15, -0.1) is 18.3 Å². The molecule has 0 saturated carbocycles. The molecule has 0 aliphatic rings. The number of nitrogens with one attached hydrogen (secondary N) is 1. The van der Waals surface area contributed by atoms with Crippen LogP contribution >= 0.6 is 0 Å². The molecule has 0 atom stereocenters. The maximum Gasteiger partial charge on any atom is 0.573 e. The zero-order valence-corrected chi connectivity index (χ0v) is 13.4. The number of aromatic nitrogens is 4. The molecule has 0 saturated heterocycles. The van der Waals surface area contributed by atoms with E-state index < -0.39 is 24.0 Å². The Balaban J connectivity index is 2.17. The van der Waals surface area contributed by atoms with Crippen LogP contribution in [0.25, 0.3) is 22.5 Å². The van der Waals surface area contributed by atoms with Crippen molar-refractivity contribution in [3.05, 3.63) is 47.8 Å². The molecule has 3 aromatic rings. The predicted molar refractivity (Wildman–Crippen MR) is 81.4 cm³/mol. The highest BCUT2D eigenvalue weighted by Crippen LogP contribution is 2.35. The summed E-state index contributed by atoms with van der Waals surface area (Å²) in [6, 6.07) is 7.75. The summed E-state index contributed by atoms with van der Waals surface area (Å²) in [5.41, 5.74) is -1.83. The van der Waals surface area contributed by atoms with Crippen LogP contribution in [0.3, 0.4) is 0 Å². The molecule has 0 spiro atoms. The van der Waals surface area contributed by atoms with E-state index in [1.54, 1.807) is 6.07 Å². The van der Waals surface area contributed by atoms with Crippen molar-refractivity contribution in [2.75, 3.05) is 0 Å². The lowest BCUT2D eigenvalue weighted by atomic mass is 10.0. The first-order valence-corrected chi connectivity index (χ1v) is 7.34. The Hall–Kier alpha value is -3.62. The van der Waals surface area contributed by atoms with Gasteiger partial charge >= 0.3 is 12.5 Å². The molecule has 0 radical (unpaired) electrons. The average molecular weight is 399 g/mol. The molecule has 0 amide bonds. The lowest BCUT2D eigenvalue weighted by molar-refractivity contribution is -0.274. The SMILES string of the molecule is N#Cc1[nH]nnc1-c1cc(OC(F)(F)F)cc(-c2cccc(C(F)(F)F)n2)c1. The van der Waals surface area contributed by atoms with Crippen LogP contribution in [-0.2, 0) is 6.18 Å². The second-order valence-corrected chi connectivity index (χ2v) is 5.35. The zero-order chi connectivity index (χ0) is 20.5. The highest BCUT2D eigenvalue weighted by atomic mass is 19.4. The van der Waals surface area contributed by atoms with E-state index in [1.165, 1.54) is 12.1 Å². The molecule has 6 nitrogen and oxygen atoms in total. The molecule has 2 aromatic heterocycles. The monoisotopic (exact) mass is 399 g/mol. The number of nitrogens with zero attached hydrogens (tertiary/aromatic N) is 4. The summed E-state index contributed by atoms with van der Waals surface area (Å²) in [6.45, 7) is 0. The fourth-order valence-corrected chi connectivity index (χ4v) is 2.34. The van der Waals surface area contributed by atoms with Crippen LogP contribution < -0.4 is 4.74 Å². The number of nitriles is 1. The molecule has 12 heteroatoms. The first-order valence-electron chi connectivity index (χ1n) is 7.34. The van der Waals surface area contributed by atoms with Gasteiger partial charge in [0, 0.05) is 11.1 Å². The Morgan fingerprint density at radius 1 is 1.00 bits per heavy atom. The van der Waals surface area contributed by atoms with E-state index in [-0.39, 0.29) is 28.2 Å². The second kappa shape index (κ2) is 6.84. The van der Waals surface area contributed by atoms with E-state index in [2.05, 4.69) is 25.1 Å². The fourth-order valence-electron chi connectivity index (χ4n) is 2.34. The van der Waals surface area contributed by atoms with Gasteiger partial charge in [-0.05, 0) is 30.3 Å². The van der Waals surface area contributed by atoms with E-state index in [1.807, 2.05) is 0 Å². The molecular formula is C16H7F6N5O. The van der Waals surface area contributed by atoms with Crippen molar-refractivity contribution in [2.45, 2.75) is 12.5 Å². The van der Waals surface area contributed by atoms with Crippen molar-refractivity contribution < 1.29 is 31.1 Å². The van der Waals surface area contributed by atoms with Gasteiger partial charge in [0.1, 0.15) is 23.2 Å². The van der Waals surface area contributed by atoms with Gasteiger partial charge in [-0.2, -0.15) is 18.4 Å². The van der Waals surface area contributed by atoms with Crippen LogP contribution in [0.4, 0.5) is 26.3 Å². The minimum atomic E-state index is -5.04. The molecule has 144 valence electrons. The van der Waals surface area contributed by atoms with E-state index >= 15 is 0 Å². The number of ether oxygens (including phenoxy) is 1. The van der Waals surface area contributed by atoms with Crippen molar-refractivity contribution >= 4 is 0 Å². The van der Waals surface area contributed by atoms with Crippen LogP contribution in [-0.4, -0.2) is 26.8 Å². The molecule has 0 aliphatic carbocycles. The highest BCUT2D eigenvalue weighted by molar-refractivity contribution is 5.74. The maximum atomic E-state index is 12.9. The van der Waals surface area contributed by atoms with Crippen LogP contribution in [0.15, 0.2) is 36.4 Å². The number of hydrogen-bond acceptors (Lipinski definition) is 5. The predicted octanol–water partition coefficient (Wildman–Crippen LogP) is 4.32. The molecular weight excluding hydrogens is 392 g/mol. The summed E-state index contributed by atoms with van der Waals surface area (Å²) < 4.78 is 80.5. The number of rotatable bonds is 3. The van der Waals surface area contributed by atoms with E-state index in [0.29, 0.717) is 0 Å². The minimum Gasteiger partial charge on any atom is -0.406 e. The number of halogens is 6. The number of aromatic amines is 1. The second-order valence-electron chi connectivity index (χ2n) is 5.35. The topological polar surface area (TPSA) is 87.5 Å². The lowest BCUT2D eigenvalue weighted by Crippen LogP contribution is -2.17. The first kappa shape index (κ1) is 19.2. The Morgan fingerprint density at radius 3 is 2.36 bits per heavy atom. The Kier molecular flexibility index (Phi) is 4.68. The molecule has 0 fully saturated rings. The Bertz CT molecular complexity index is 1050. The first-order chi connectivity index (χ1) is 13.1. The van der Waals surface area contributed by atoms with Gasteiger partial charge in [0.15, 0.2) is 5.69 Å². The van der Waals surface area contributed by atoms with Crippen molar-refractivity contribution in [1.82, 2.24) is 20.4 Å². The number of hydrogen-bond donors (Lipinski definition) is 1. The molecule has 28 heavy (non-hydrogen) atoms. The molecule has 0 unspecified atom stereocenters. The van der Waals surface area contributed by atoms with Gasteiger partial charge in [0.25, 0.3) is 0 Å². The van der Waals surface area contributed by atoms with Crippen molar-refractivity contribution in [3.8, 4) is 34.3 Å². The summed E-state index contributed by atoms with van der Waals surface area (Å²) in [4.78, 5) is 3.45. The van der Waals surface area contributed by atoms with Gasteiger partial charge in [-0.25, -0.2) is 10.1 Å². The third kappa shape index (κ3) is 4.20. The number of benzene rings is 1. The minimum absolute atomic E-state index is 0.0266. The van der Waals surface area contributed by atoms with Crippen molar-refractivity contribution in [2.24, 2.45) is 0 Å². The maximum absolute atomic E-state index is 12.9. The van der Waals surface area contributed by atoms with Crippen molar-refractivity contribution in [3.63, 3.8) is 0 Å². The van der Waals surface area contributed by atoms with Crippen LogP contribution in [0.1, 0.15) is 11.4 Å². The average Bonchev–Trinajstić information content (AvgIpc) is 3.08. The highest BCUT2D eigenvalue weighted by Gasteiger charge is 2.33. The number of H-pyrrole nitrogens is 1. The molecule has 3 rings (SSSR count). The fraction of sp³-hybridized carbons (Fsp3) is 0.125. The molecule has 1 aromatic carbocycles. The standard InChI is InChI=1S/C16H7F6N5O/c17-15(18,19)13-3-1-2-11(24-13)8-4-9(14-12(7-23)25-27-26-14)6-10(5-8)28-16(20,21)22/h1-6H,(H,25,26,27). The largest absolute Gasteiger partial charge is 0.573 e. The van der Waals surface area contributed by atoms with E-state index in [0.717, 1.165) is 24.3 Å². The van der Waals surface area contributed by atoms with Gasteiger partial charge in [-0.1, -0.05) is 11.3 Å². The lowest BCUT2D eigenvalue weighted by Gasteiger charge is -2.13. The summed E-state index contributed by atoms with van der Waals surface area (Å²) in [5, 5.41) is 18.3.